The highest BCUT2D eigenvalue weighted by atomic mass is 19.4. The summed E-state index contributed by atoms with van der Waals surface area (Å²) in [4.78, 5) is 11.1. The zero-order valence-electron chi connectivity index (χ0n) is 7.94. The Morgan fingerprint density at radius 2 is 2.14 bits per heavy atom. The smallest absolute Gasteiger partial charge is 0.396 e. The fourth-order valence-corrected chi connectivity index (χ4v) is 1.61. The van der Waals surface area contributed by atoms with Crippen molar-refractivity contribution in [2.24, 2.45) is 11.3 Å². The molecule has 0 spiro atoms. The molecule has 3 nitrogen and oxygen atoms in total. The van der Waals surface area contributed by atoms with Crippen LogP contribution in [-0.2, 0) is 9.53 Å². The summed E-state index contributed by atoms with van der Waals surface area (Å²) in [7, 11) is 1.09. The van der Waals surface area contributed by atoms with Gasteiger partial charge in [-0.3, -0.25) is 4.79 Å². The van der Waals surface area contributed by atoms with E-state index in [1.165, 1.54) is 0 Å². The highest BCUT2D eigenvalue weighted by molar-refractivity contribution is 5.74. The van der Waals surface area contributed by atoms with E-state index in [0.29, 0.717) is 0 Å². The molecule has 1 aliphatic heterocycles. The number of methoxy groups -OCH3 is 1. The van der Waals surface area contributed by atoms with Gasteiger partial charge in [-0.2, -0.15) is 13.2 Å². The summed E-state index contributed by atoms with van der Waals surface area (Å²) < 4.78 is 42.3. The van der Waals surface area contributed by atoms with Gasteiger partial charge >= 0.3 is 12.1 Å². The lowest BCUT2D eigenvalue weighted by molar-refractivity contribution is -0.227. The molecule has 1 heterocycles. The lowest BCUT2D eigenvalue weighted by atomic mass is 9.79. The molecule has 0 amide bonds. The first-order chi connectivity index (χ1) is 6.33. The van der Waals surface area contributed by atoms with Crippen LogP contribution in [0, 0.1) is 11.3 Å². The maximum Gasteiger partial charge on any atom is 0.396 e. The molecule has 0 unspecified atom stereocenters. The molecule has 82 valence electrons. The van der Waals surface area contributed by atoms with E-state index in [2.05, 4.69) is 10.1 Å². The fraction of sp³-hybridized carbons (Fsp3) is 0.875. The van der Waals surface area contributed by atoms with Crippen molar-refractivity contribution >= 4 is 5.97 Å². The Kier molecular flexibility index (Phi) is 2.76. The fourth-order valence-electron chi connectivity index (χ4n) is 1.61. The predicted octanol–water partition coefficient (Wildman–Crippen LogP) is 0.947. The zero-order chi connectivity index (χ0) is 11.0. The van der Waals surface area contributed by atoms with Gasteiger partial charge in [-0.15, -0.1) is 0 Å². The molecule has 0 aromatic rings. The van der Waals surface area contributed by atoms with Crippen LogP contribution in [0.3, 0.4) is 0 Å². The van der Waals surface area contributed by atoms with Gasteiger partial charge in [0.2, 0.25) is 0 Å². The second-order valence-electron chi connectivity index (χ2n) is 3.62. The lowest BCUT2D eigenvalue weighted by Gasteiger charge is -2.30. The number of hydrogen-bond donors (Lipinski definition) is 1. The van der Waals surface area contributed by atoms with Crippen LogP contribution in [0.4, 0.5) is 13.2 Å². The Labute approximate surface area is 79.6 Å². The van der Waals surface area contributed by atoms with Gasteiger partial charge < -0.3 is 10.1 Å². The minimum absolute atomic E-state index is 0.0166. The predicted molar refractivity (Wildman–Crippen MR) is 42.5 cm³/mol. The van der Waals surface area contributed by atoms with Gasteiger partial charge in [-0.1, -0.05) is 0 Å². The number of carbonyl (C=O) groups is 1. The number of carbonyl (C=O) groups excluding carboxylic acids is 1. The van der Waals surface area contributed by atoms with Crippen LogP contribution in [0.2, 0.25) is 0 Å². The summed E-state index contributed by atoms with van der Waals surface area (Å²) >= 11 is 0. The van der Waals surface area contributed by atoms with Crippen LogP contribution in [-0.4, -0.2) is 32.3 Å². The number of alkyl halides is 3. The lowest BCUT2D eigenvalue weighted by Crippen LogP contribution is -2.45. The molecule has 0 aromatic carbocycles. The summed E-state index contributed by atoms with van der Waals surface area (Å²) in [5.41, 5.74) is -2.01. The van der Waals surface area contributed by atoms with E-state index < -0.39 is 23.5 Å². The number of esters is 1. The van der Waals surface area contributed by atoms with E-state index >= 15 is 0 Å². The van der Waals surface area contributed by atoms with Crippen molar-refractivity contribution in [3.05, 3.63) is 0 Å². The third-order valence-electron chi connectivity index (χ3n) is 2.74. The molecule has 0 bridgehead atoms. The minimum atomic E-state index is -4.39. The van der Waals surface area contributed by atoms with Gasteiger partial charge in [-0.05, 0) is 6.92 Å². The number of ether oxygens (including phenoxy) is 1. The number of nitrogens with one attached hydrogen (secondary N) is 1. The van der Waals surface area contributed by atoms with Gasteiger partial charge in [-0.25, -0.2) is 0 Å². The summed E-state index contributed by atoms with van der Waals surface area (Å²) in [5.74, 6) is -1.96. The van der Waals surface area contributed by atoms with Gasteiger partial charge in [0.15, 0.2) is 0 Å². The van der Waals surface area contributed by atoms with Crippen LogP contribution in [0.1, 0.15) is 6.92 Å². The Balaban J connectivity index is 2.92. The topological polar surface area (TPSA) is 38.3 Å². The molecular formula is C8H12F3NO2. The second kappa shape index (κ2) is 3.42. The van der Waals surface area contributed by atoms with Crippen molar-refractivity contribution in [1.29, 1.82) is 0 Å². The van der Waals surface area contributed by atoms with Crippen molar-refractivity contribution < 1.29 is 22.7 Å². The van der Waals surface area contributed by atoms with Crippen molar-refractivity contribution in [3.63, 3.8) is 0 Å². The first-order valence-electron chi connectivity index (χ1n) is 4.18. The van der Waals surface area contributed by atoms with E-state index in [1.54, 1.807) is 0 Å². The quantitative estimate of drug-likeness (QED) is 0.656. The van der Waals surface area contributed by atoms with E-state index in [9.17, 15) is 18.0 Å². The standard InChI is InChI=1S/C8H12F3NO2/c1-7(8(9,10)11)4-12-3-5(7)6(13)14-2/h5,12H,3-4H2,1-2H3/t5-,7-/m1/s1. The molecule has 0 aliphatic carbocycles. The highest BCUT2D eigenvalue weighted by Gasteiger charge is 2.60. The average Bonchev–Trinajstić information content (AvgIpc) is 2.46. The molecule has 0 saturated carbocycles. The zero-order valence-corrected chi connectivity index (χ0v) is 7.94. The number of rotatable bonds is 1. The Morgan fingerprint density at radius 3 is 2.57 bits per heavy atom. The summed E-state index contributed by atoms with van der Waals surface area (Å²) in [5, 5.41) is 2.56. The normalized spacial score (nSPS) is 33.1. The molecule has 1 fully saturated rings. The molecule has 1 saturated heterocycles. The molecule has 1 N–H and O–H groups in total. The molecular weight excluding hydrogens is 199 g/mol. The first kappa shape index (κ1) is 11.3. The number of halogens is 3. The molecule has 0 radical (unpaired) electrons. The van der Waals surface area contributed by atoms with Crippen molar-refractivity contribution in [1.82, 2.24) is 5.32 Å². The van der Waals surface area contributed by atoms with Crippen molar-refractivity contribution in [3.8, 4) is 0 Å². The average molecular weight is 211 g/mol. The maximum atomic E-state index is 12.6. The molecule has 6 heteroatoms. The van der Waals surface area contributed by atoms with Crippen LogP contribution in [0.5, 0.6) is 0 Å². The Hall–Kier alpha value is -0.780. The largest absolute Gasteiger partial charge is 0.469 e. The van der Waals surface area contributed by atoms with Gasteiger partial charge in [0.05, 0.1) is 18.4 Å². The number of hydrogen-bond acceptors (Lipinski definition) is 3. The maximum absolute atomic E-state index is 12.6. The van der Waals surface area contributed by atoms with E-state index in [-0.39, 0.29) is 13.1 Å². The van der Waals surface area contributed by atoms with E-state index in [0.717, 1.165) is 14.0 Å². The molecule has 14 heavy (non-hydrogen) atoms. The molecule has 0 aromatic heterocycles. The van der Waals surface area contributed by atoms with E-state index in [1.807, 2.05) is 0 Å². The highest BCUT2D eigenvalue weighted by Crippen LogP contribution is 2.46. The van der Waals surface area contributed by atoms with Crippen LogP contribution >= 0.6 is 0 Å². The third kappa shape index (κ3) is 1.58. The second-order valence-corrected chi connectivity index (χ2v) is 3.62. The molecule has 2 atom stereocenters. The third-order valence-corrected chi connectivity index (χ3v) is 2.74. The summed E-state index contributed by atoms with van der Waals surface area (Å²) in [6, 6.07) is 0. The summed E-state index contributed by atoms with van der Waals surface area (Å²) in [6.07, 6.45) is -4.39. The van der Waals surface area contributed by atoms with Gasteiger partial charge in [0, 0.05) is 13.1 Å². The van der Waals surface area contributed by atoms with Gasteiger partial charge in [0.25, 0.3) is 0 Å². The van der Waals surface area contributed by atoms with Crippen LogP contribution < -0.4 is 5.32 Å². The Morgan fingerprint density at radius 1 is 1.57 bits per heavy atom. The minimum Gasteiger partial charge on any atom is -0.469 e. The Bertz CT molecular complexity index is 241. The molecule has 1 rings (SSSR count). The summed E-state index contributed by atoms with van der Waals surface area (Å²) in [6.45, 7) is 0.813. The van der Waals surface area contributed by atoms with Crippen molar-refractivity contribution in [2.45, 2.75) is 13.1 Å². The SMILES string of the molecule is COC(=O)[C@H]1CNC[C@@]1(C)C(F)(F)F. The van der Waals surface area contributed by atoms with Crippen molar-refractivity contribution in [2.75, 3.05) is 20.2 Å². The van der Waals surface area contributed by atoms with Crippen LogP contribution in [0.15, 0.2) is 0 Å². The van der Waals surface area contributed by atoms with E-state index in [4.69, 9.17) is 0 Å². The first-order valence-corrected chi connectivity index (χ1v) is 4.18. The monoisotopic (exact) mass is 211 g/mol. The molecule has 1 aliphatic rings. The van der Waals surface area contributed by atoms with Crippen LogP contribution in [0.25, 0.3) is 0 Å². The van der Waals surface area contributed by atoms with Gasteiger partial charge in [0.1, 0.15) is 0 Å².